The molecule has 2 aromatic carbocycles. The number of aryl methyl sites for hydroxylation is 1. The van der Waals surface area contributed by atoms with Crippen LogP contribution in [0.15, 0.2) is 65.1 Å². The van der Waals surface area contributed by atoms with Gasteiger partial charge in [0.2, 0.25) is 5.13 Å². The maximum atomic E-state index is 12.3. The molecular formula is C19H15N3OS. The third-order valence-electron chi connectivity index (χ3n) is 3.90. The molecule has 0 fully saturated rings. The van der Waals surface area contributed by atoms with Crippen molar-refractivity contribution in [2.75, 3.05) is 5.01 Å². The third kappa shape index (κ3) is 2.74. The molecule has 118 valence electrons. The number of amides is 1. The van der Waals surface area contributed by atoms with Crippen LogP contribution in [0.5, 0.6) is 0 Å². The number of carbonyl (C=O) groups is 1. The Labute approximate surface area is 144 Å². The molecule has 0 saturated carbocycles. The van der Waals surface area contributed by atoms with Gasteiger partial charge in [0.15, 0.2) is 0 Å². The van der Waals surface area contributed by atoms with Crippen molar-refractivity contribution in [1.82, 2.24) is 4.98 Å². The Balaban J connectivity index is 1.63. The molecule has 0 bridgehead atoms. The molecular weight excluding hydrogens is 318 g/mol. The number of thiazole rings is 1. The molecule has 4 nitrogen and oxygen atoms in total. The van der Waals surface area contributed by atoms with Crippen molar-refractivity contribution in [2.45, 2.75) is 13.3 Å². The zero-order chi connectivity index (χ0) is 16.5. The topological polar surface area (TPSA) is 45.6 Å². The van der Waals surface area contributed by atoms with Gasteiger partial charge < -0.3 is 0 Å². The maximum Gasteiger partial charge on any atom is 0.255 e. The van der Waals surface area contributed by atoms with E-state index in [2.05, 4.69) is 29.1 Å². The van der Waals surface area contributed by atoms with Crippen LogP contribution in [-0.2, 0) is 4.79 Å². The number of carbonyl (C=O) groups excluding carboxylic acids is 1. The second-order valence-corrected chi connectivity index (χ2v) is 6.51. The fraction of sp³-hybridized carbons (Fsp3) is 0.105. The molecule has 0 atom stereocenters. The Morgan fingerprint density at radius 3 is 2.50 bits per heavy atom. The molecule has 0 N–H and O–H groups in total. The third-order valence-corrected chi connectivity index (χ3v) is 4.72. The smallest absolute Gasteiger partial charge is 0.255 e. The summed E-state index contributed by atoms with van der Waals surface area (Å²) in [5, 5.41) is 8.47. The number of benzene rings is 2. The van der Waals surface area contributed by atoms with Gasteiger partial charge in [-0.25, -0.2) is 4.98 Å². The summed E-state index contributed by atoms with van der Waals surface area (Å²) in [4.78, 5) is 16.9. The van der Waals surface area contributed by atoms with Crippen molar-refractivity contribution < 1.29 is 4.79 Å². The first-order valence-electron chi connectivity index (χ1n) is 7.69. The van der Waals surface area contributed by atoms with Crippen molar-refractivity contribution in [1.29, 1.82) is 0 Å². The summed E-state index contributed by atoms with van der Waals surface area (Å²) in [5.41, 5.74) is 4.88. The lowest BCUT2D eigenvalue weighted by molar-refractivity contribution is -0.116. The molecule has 1 amide bonds. The Morgan fingerprint density at radius 2 is 1.75 bits per heavy atom. The Kier molecular flexibility index (Phi) is 3.70. The fourth-order valence-electron chi connectivity index (χ4n) is 2.59. The zero-order valence-electron chi connectivity index (χ0n) is 13.1. The minimum atomic E-state index is -0.0429. The van der Waals surface area contributed by atoms with Crippen molar-refractivity contribution >= 4 is 28.1 Å². The number of hydrogen-bond donors (Lipinski definition) is 0. The summed E-state index contributed by atoms with van der Waals surface area (Å²) < 4.78 is 0. The number of aromatic nitrogens is 1. The van der Waals surface area contributed by atoms with Crippen LogP contribution in [0.4, 0.5) is 5.13 Å². The van der Waals surface area contributed by atoms with E-state index in [9.17, 15) is 4.79 Å². The number of anilines is 1. The molecule has 4 rings (SSSR count). The Bertz CT molecular complexity index is 913. The lowest BCUT2D eigenvalue weighted by atomic mass is 10.1. The van der Waals surface area contributed by atoms with Crippen molar-refractivity contribution in [2.24, 2.45) is 5.10 Å². The van der Waals surface area contributed by atoms with E-state index in [1.807, 2.05) is 47.8 Å². The average Bonchev–Trinajstić information content (AvgIpc) is 3.23. The molecule has 0 aliphatic carbocycles. The van der Waals surface area contributed by atoms with Gasteiger partial charge in [-0.05, 0) is 12.5 Å². The highest BCUT2D eigenvalue weighted by molar-refractivity contribution is 7.14. The molecule has 0 saturated heterocycles. The van der Waals surface area contributed by atoms with Gasteiger partial charge in [-0.15, -0.1) is 11.3 Å². The second-order valence-electron chi connectivity index (χ2n) is 5.68. The SMILES string of the molecule is Cc1ccc(-c2csc(N3N=C(c4ccccc4)CC3=O)n2)cc1. The predicted molar refractivity (Wildman–Crippen MR) is 97.4 cm³/mol. The minimum absolute atomic E-state index is 0.0429. The second kappa shape index (κ2) is 6.02. The van der Waals surface area contributed by atoms with Crippen molar-refractivity contribution in [3.63, 3.8) is 0 Å². The quantitative estimate of drug-likeness (QED) is 0.719. The summed E-state index contributed by atoms with van der Waals surface area (Å²) in [6.45, 7) is 2.05. The molecule has 1 aliphatic rings. The van der Waals surface area contributed by atoms with E-state index in [1.54, 1.807) is 0 Å². The van der Waals surface area contributed by atoms with E-state index in [0.717, 1.165) is 22.5 Å². The fourth-order valence-corrected chi connectivity index (χ4v) is 3.39. The van der Waals surface area contributed by atoms with Crippen LogP contribution in [0.2, 0.25) is 0 Å². The molecule has 24 heavy (non-hydrogen) atoms. The van der Waals surface area contributed by atoms with Crippen LogP contribution in [0, 0.1) is 6.92 Å². The van der Waals surface area contributed by atoms with E-state index in [4.69, 9.17) is 0 Å². The molecule has 0 unspecified atom stereocenters. The molecule has 2 heterocycles. The van der Waals surface area contributed by atoms with Gasteiger partial charge >= 0.3 is 0 Å². The predicted octanol–water partition coefficient (Wildman–Crippen LogP) is 4.26. The van der Waals surface area contributed by atoms with Gasteiger partial charge in [-0.2, -0.15) is 10.1 Å². The molecule has 0 radical (unpaired) electrons. The van der Waals surface area contributed by atoms with Gasteiger partial charge in [0.05, 0.1) is 17.8 Å². The van der Waals surface area contributed by atoms with Gasteiger partial charge in [0, 0.05) is 10.9 Å². The largest absolute Gasteiger partial charge is 0.272 e. The van der Waals surface area contributed by atoms with E-state index < -0.39 is 0 Å². The lowest BCUT2D eigenvalue weighted by Gasteiger charge is -2.06. The van der Waals surface area contributed by atoms with Crippen LogP contribution < -0.4 is 5.01 Å². The first-order chi connectivity index (χ1) is 11.7. The van der Waals surface area contributed by atoms with Crippen LogP contribution in [0.25, 0.3) is 11.3 Å². The van der Waals surface area contributed by atoms with E-state index in [0.29, 0.717) is 11.6 Å². The average molecular weight is 333 g/mol. The van der Waals surface area contributed by atoms with Gasteiger partial charge in [0.1, 0.15) is 0 Å². The standard InChI is InChI=1S/C19H15N3OS/c1-13-7-9-15(10-8-13)17-12-24-19(20-17)22-18(23)11-16(21-22)14-5-3-2-4-6-14/h2-10,12H,11H2,1H3. The van der Waals surface area contributed by atoms with Crippen molar-refractivity contribution in [3.8, 4) is 11.3 Å². The van der Waals surface area contributed by atoms with E-state index in [-0.39, 0.29) is 5.91 Å². The summed E-state index contributed by atoms with van der Waals surface area (Å²) in [5.74, 6) is -0.0429. The molecule has 3 aromatic rings. The monoisotopic (exact) mass is 333 g/mol. The van der Waals surface area contributed by atoms with Gasteiger partial charge in [-0.3, -0.25) is 4.79 Å². The normalized spacial score (nSPS) is 14.1. The van der Waals surface area contributed by atoms with E-state index >= 15 is 0 Å². The first kappa shape index (κ1) is 14.8. The number of hydrazone groups is 1. The van der Waals surface area contributed by atoms with Crippen LogP contribution >= 0.6 is 11.3 Å². The molecule has 1 aromatic heterocycles. The number of hydrogen-bond acceptors (Lipinski definition) is 4. The van der Waals surface area contributed by atoms with Gasteiger partial charge in [-0.1, -0.05) is 60.2 Å². The van der Waals surface area contributed by atoms with Crippen molar-refractivity contribution in [3.05, 3.63) is 71.1 Å². The summed E-state index contributed by atoms with van der Waals surface area (Å²) in [6, 6.07) is 18.0. The first-order valence-corrected chi connectivity index (χ1v) is 8.57. The Hall–Kier alpha value is -2.79. The highest BCUT2D eigenvalue weighted by Gasteiger charge is 2.28. The molecule has 5 heteroatoms. The lowest BCUT2D eigenvalue weighted by Crippen LogP contribution is -2.19. The highest BCUT2D eigenvalue weighted by atomic mass is 32.1. The highest BCUT2D eigenvalue weighted by Crippen LogP contribution is 2.30. The Morgan fingerprint density at radius 1 is 1.00 bits per heavy atom. The number of nitrogens with zero attached hydrogens (tertiary/aromatic N) is 3. The van der Waals surface area contributed by atoms with Crippen LogP contribution in [0.3, 0.4) is 0 Å². The van der Waals surface area contributed by atoms with E-state index in [1.165, 1.54) is 21.9 Å². The summed E-state index contributed by atoms with van der Waals surface area (Å²) in [7, 11) is 0. The minimum Gasteiger partial charge on any atom is -0.272 e. The summed E-state index contributed by atoms with van der Waals surface area (Å²) in [6.07, 6.45) is 0.309. The van der Waals surface area contributed by atoms with Crippen LogP contribution in [-0.4, -0.2) is 16.6 Å². The number of rotatable bonds is 3. The molecule has 1 aliphatic heterocycles. The zero-order valence-corrected chi connectivity index (χ0v) is 14.0. The molecule has 0 spiro atoms. The summed E-state index contributed by atoms with van der Waals surface area (Å²) >= 11 is 1.43. The maximum absolute atomic E-state index is 12.3. The van der Waals surface area contributed by atoms with Crippen LogP contribution in [0.1, 0.15) is 17.5 Å². The van der Waals surface area contributed by atoms with Gasteiger partial charge in [0.25, 0.3) is 5.91 Å².